The number of pyridine rings is 1. The number of aromatic nitrogens is 3. The molecular weight excluding hydrogens is 258 g/mol. The predicted molar refractivity (Wildman–Crippen MR) is 62.1 cm³/mol. The van der Waals surface area contributed by atoms with Gasteiger partial charge in [0.15, 0.2) is 5.82 Å². The number of sulfonamides is 1. The lowest BCUT2D eigenvalue weighted by atomic mass is 10.5. The summed E-state index contributed by atoms with van der Waals surface area (Å²) in [6, 6.07) is 2.83. The van der Waals surface area contributed by atoms with Crippen molar-refractivity contribution in [2.45, 2.75) is 11.4 Å². The van der Waals surface area contributed by atoms with Crippen LogP contribution in [0.1, 0.15) is 5.82 Å². The molecule has 0 unspecified atom stereocenters. The number of hydrogen-bond acceptors (Lipinski definition) is 7. The molecule has 0 aliphatic heterocycles. The largest absolute Gasteiger partial charge is 0.373 e. The van der Waals surface area contributed by atoms with Gasteiger partial charge in [-0.15, -0.1) is 0 Å². The summed E-state index contributed by atoms with van der Waals surface area (Å²) in [4.78, 5) is 7.77. The first-order valence-corrected chi connectivity index (χ1v) is 6.49. The highest BCUT2D eigenvalue weighted by Gasteiger charge is 2.15. The van der Waals surface area contributed by atoms with Crippen LogP contribution in [0.3, 0.4) is 0 Å². The topological polar surface area (TPSA) is 110 Å². The van der Waals surface area contributed by atoms with Crippen molar-refractivity contribution >= 4 is 15.8 Å². The van der Waals surface area contributed by atoms with Gasteiger partial charge in [-0.3, -0.25) is 0 Å². The molecule has 0 aliphatic rings. The Labute approximate surface area is 103 Å². The van der Waals surface area contributed by atoms with E-state index in [1.165, 1.54) is 18.3 Å². The van der Waals surface area contributed by atoms with Crippen molar-refractivity contribution in [1.29, 1.82) is 0 Å². The summed E-state index contributed by atoms with van der Waals surface area (Å²) < 4.78 is 30.8. The number of hydrogen-bond donors (Lipinski definition) is 2. The van der Waals surface area contributed by atoms with E-state index in [9.17, 15) is 8.42 Å². The van der Waals surface area contributed by atoms with Gasteiger partial charge < -0.3 is 9.84 Å². The van der Waals surface area contributed by atoms with Crippen LogP contribution >= 0.6 is 0 Å². The Bertz CT molecular complexity index is 611. The molecule has 0 aliphatic carbocycles. The van der Waals surface area contributed by atoms with E-state index in [1.54, 1.807) is 7.05 Å². The summed E-state index contributed by atoms with van der Waals surface area (Å²) in [6.45, 7) is -0.0317. The zero-order valence-corrected chi connectivity index (χ0v) is 10.3. The Kier molecular flexibility index (Phi) is 3.53. The average Bonchev–Trinajstić information content (AvgIpc) is 2.90. The highest BCUT2D eigenvalue weighted by molar-refractivity contribution is 7.89. The minimum Gasteiger partial charge on any atom is -0.373 e. The van der Waals surface area contributed by atoms with E-state index in [2.05, 4.69) is 29.7 Å². The third-order valence-corrected chi connectivity index (χ3v) is 3.52. The van der Waals surface area contributed by atoms with E-state index in [0.29, 0.717) is 5.82 Å². The van der Waals surface area contributed by atoms with Crippen molar-refractivity contribution in [2.24, 2.45) is 0 Å². The van der Waals surface area contributed by atoms with E-state index in [0.717, 1.165) is 6.39 Å². The maximum absolute atomic E-state index is 11.9. The van der Waals surface area contributed by atoms with E-state index in [-0.39, 0.29) is 17.3 Å². The highest BCUT2D eigenvalue weighted by Crippen LogP contribution is 2.12. The molecule has 0 aromatic carbocycles. The molecule has 0 atom stereocenters. The minimum atomic E-state index is -3.62. The van der Waals surface area contributed by atoms with Gasteiger partial charge in [0.2, 0.25) is 16.4 Å². The third kappa shape index (κ3) is 2.81. The van der Waals surface area contributed by atoms with Crippen LogP contribution in [0, 0.1) is 0 Å². The second-order valence-electron chi connectivity index (χ2n) is 3.30. The molecule has 2 aromatic rings. The molecule has 96 valence electrons. The van der Waals surface area contributed by atoms with Gasteiger partial charge in [0.05, 0.1) is 11.4 Å². The molecule has 0 fully saturated rings. The second-order valence-corrected chi connectivity index (χ2v) is 5.07. The monoisotopic (exact) mass is 269 g/mol. The van der Waals surface area contributed by atoms with Gasteiger partial charge in [-0.25, -0.2) is 18.1 Å². The van der Waals surface area contributed by atoms with Crippen molar-refractivity contribution < 1.29 is 12.9 Å². The van der Waals surface area contributed by atoms with Crippen molar-refractivity contribution in [1.82, 2.24) is 19.8 Å². The SMILES string of the molecule is CNc1cc(S(=O)(=O)NCc2ncon2)ccn1. The van der Waals surface area contributed by atoms with Gasteiger partial charge in [0.25, 0.3) is 0 Å². The number of anilines is 1. The molecule has 0 amide bonds. The normalized spacial score (nSPS) is 11.4. The fourth-order valence-corrected chi connectivity index (χ4v) is 2.22. The smallest absolute Gasteiger partial charge is 0.241 e. The maximum Gasteiger partial charge on any atom is 0.241 e. The lowest BCUT2D eigenvalue weighted by molar-refractivity contribution is 0.409. The summed E-state index contributed by atoms with van der Waals surface area (Å²) in [7, 11) is -1.96. The molecule has 0 saturated carbocycles. The Hall–Kier alpha value is -2.00. The summed E-state index contributed by atoms with van der Waals surface area (Å²) >= 11 is 0. The van der Waals surface area contributed by atoms with Gasteiger partial charge >= 0.3 is 0 Å². The molecule has 2 aromatic heterocycles. The lowest BCUT2D eigenvalue weighted by Crippen LogP contribution is -2.24. The molecule has 2 rings (SSSR count). The lowest BCUT2D eigenvalue weighted by Gasteiger charge is -2.06. The Morgan fingerprint density at radius 1 is 1.39 bits per heavy atom. The van der Waals surface area contributed by atoms with Gasteiger partial charge in [-0.2, -0.15) is 4.98 Å². The minimum absolute atomic E-state index is 0.0317. The first kappa shape index (κ1) is 12.5. The average molecular weight is 269 g/mol. The van der Waals surface area contributed by atoms with Crippen molar-refractivity contribution in [2.75, 3.05) is 12.4 Å². The molecule has 2 N–H and O–H groups in total. The first-order chi connectivity index (χ1) is 8.62. The van der Waals surface area contributed by atoms with Gasteiger partial charge in [0.1, 0.15) is 5.82 Å². The van der Waals surface area contributed by atoms with Crippen LogP contribution in [0.5, 0.6) is 0 Å². The Morgan fingerprint density at radius 2 is 2.22 bits per heavy atom. The second kappa shape index (κ2) is 5.10. The zero-order chi connectivity index (χ0) is 13.0. The van der Waals surface area contributed by atoms with E-state index >= 15 is 0 Å². The molecule has 0 radical (unpaired) electrons. The summed E-state index contributed by atoms with van der Waals surface area (Å²) in [6.07, 6.45) is 2.55. The third-order valence-electron chi connectivity index (χ3n) is 2.13. The molecule has 2 heterocycles. The quantitative estimate of drug-likeness (QED) is 0.785. The zero-order valence-electron chi connectivity index (χ0n) is 9.49. The predicted octanol–water partition coefficient (Wildman–Crippen LogP) is -0.0152. The molecule has 0 spiro atoms. The fraction of sp³-hybridized carbons (Fsp3) is 0.222. The van der Waals surface area contributed by atoms with Gasteiger partial charge in [-0.1, -0.05) is 5.16 Å². The van der Waals surface area contributed by atoms with Crippen molar-refractivity contribution in [3.63, 3.8) is 0 Å². The number of rotatable bonds is 5. The van der Waals surface area contributed by atoms with Crippen molar-refractivity contribution in [3.8, 4) is 0 Å². The highest BCUT2D eigenvalue weighted by atomic mass is 32.2. The Morgan fingerprint density at radius 3 is 2.89 bits per heavy atom. The van der Waals surface area contributed by atoms with Crippen LogP contribution < -0.4 is 10.0 Å². The number of nitrogens with one attached hydrogen (secondary N) is 2. The molecule has 9 heteroatoms. The molecule has 8 nitrogen and oxygen atoms in total. The van der Waals surface area contributed by atoms with Crippen LogP contribution in [-0.4, -0.2) is 30.6 Å². The fourth-order valence-electron chi connectivity index (χ4n) is 1.23. The van der Waals surface area contributed by atoms with Gasteiger partial charge in [-0.05, 0) is 6.07 Å². The van der Waals surface area contributed by atoms with E-state index < -0.39 is 10.0 Å². The van der Waals surface area contributed by atoms with E-state index in [1.807, 2.05) is 0 Å². The van der Waals surface area contributed by atoms with Crippen molar-refractivity contribution in [3.05, 3.63) is 30.5 Å². The molecule has 0 saturated heterocycles. The molecule has 18 heavy (non-hydrogen) atoms. The van der Waals surface area contributed by atoms with Crippen LogP contribution in [0.4, 0.5) is 5.82 Å². The van der Waals surface area contributed by atoms with Crippen LogP contribution in [0.2, 0.25) is 0 Å². The first-order valence-electron chi connectivity index (χ1n) is 5.00. The molecule has 0 bridgehead atoms. The Balaban J connectivity index is 2.14. The summed E-state index contributed by atoms with van der Waals surface area (Å²) in [5, 5.41) is 6.28. The summed E-state index contributed by atoms with van der Waals surface area (Å²) in [5.41, 5.74) is 0. The van der Waals surface area contributed by atoms with Crippen LogP contribution in [-0.2, 0) is 16.6 Å². The van der Waals surface area contributed by atoms with E-state index in [4.69, 9.17) is 0 Å². The standard InChI is InChI=1S/C9H11N5O3S/c1-10-8-4-7(2-3-11-8)18(15,16)13-5-9-12-6-17-14-9/h2-4,6,13H,5H2,1H3,(H,10,11). The van der Waals surface area contributed by atoms with Gasteiger partial charge in [0, 0.05) is 19.3 Å². The van der Waals surface area contributed by atoms with Crippen LogP contribution in [0.25, 0.3) is 0 Å². The summed E-state index contributed by atoms with van der Waals surface area (Å²) in [5.74, 6) is 0.735. The molecular formula is C9H11N5O3S. The van der Waals surface area contributed by atoms with Crippen LogP contribution in [0.15, 0.2) is 34.1 Å². The maximum atomic E-state index is 11.9. The number of nitrogens with zero attached hydrogens (tertiary/aromatic N) is 3.